The Morgan fingerprint density at radius 1 is 1.33 bits per heavy atom. The van der Waals surface area contributed by atoms with Gasteiger partial charge in [-0.25, -0.2) is 9.97 Å². The number of hydrogen-bond acceptors (Lipinski definition) is 6. The second-order valence-electron chi connectivity index (χ2n) is 3.52. The number of aromatic nitrogens is 2. The number of ether oxygens (including phenoxy) is 2. The van der Waals surface area contributed by atoms with Gasteiger partial charge < -0.3 is 14.8 Å². The molecule has 0 saturated carbocycles. The van der Waals surface area contributed by atoms with Crippen LogP contribution in [0, 0.1) is 0 Å². The van der Waals surface area contributed by atoms with Crippen molar-refractivity contribution in [3.05, 3.63) is 11.9 Å². The van der Waals surface area contributed by atoms with Gasteiger partial charge in [0.15, 0.2) is 5.82 Å². The van der Waals surface area contributed by atoms with E-state index < -0.39 is 0 Å². The average Bonchev–Trinajstić information content (AvgIpc) is 2.37. The Balaban J connectivity index is 2.70. The third kappa shape index (κ3) is 5.66. The lowest BCUT2D eigenvalue weighted by atomic mass is 10.5. The SMILES string of the molecule is CCNc1cc(SCCOC)nc(COCC)n1. The van der Waals surface area contributed by atoms with Crippen LogP contribution in [0.5, 0.6) is 0 Å². The molecule has 0 aliphatic heterocycles. The molecule has 0 spiro atoms. The van der Waals surface area contributed by atoms with Crippen LogP contribution in [0.1, 0.15) is 19.7 Å². The van der Waals surface area contributed by atoms with E-state index in [0.717, 1.165) is 29.0 Å². The van der Waals surface area contributed by atoms with Crippen molar-refractivity contribution in [1.82, 2.24) is 9.97 Å². The van der Waals surface area contributed by atoms with Crippen LogP contribution in [0.2, 0.25) is 0 Å². The maximum absolute atomic E-state index is 5.35. The fourth-order valence-corrected chi connectivity index (χ4v) is 2.13. The topological polar surface area (TPSA) is 56.3 Å². The Morgan fingerprint density at radius 3 is 2.83 bits per heavy atom. The minimum absolute atomic E-state index is 0.452. The zero-order valence-corrected chi connectivity index (χ0v) is 12.0. The number of rotatable bonds is 9. The third-order valence-electron chi connectivity index (χ3n) is 2.08. The van der Waals surface area contributed by atoms with E-state index in [0.29, 0.717) is 19.8 Å². The second-order valence-corrected chi connectivity index (χ2v) is 4.63. The average molecular weight is 271 g/mol. The zero-order valence-electron chi connectivity index (χ0n) is 11.2. The molecule has 0 saturated heterocycles. The summed E-state index contributed by atoms with van der Waals surface area (Å²) in [5.74, 6) is 2.45. The molecule has 102 valence electrons. The van der Waals surface area contributed by atoms with Crippen molar-refractivity contribution in [2.24, 2.45) is 0 Å². The molecule has 1 heterocycles. The van der Waals surface area contributed by atoms with Gasteiger partial charge in [-0.05, 0) is 13.8 Å². The summed E-state index contributed by atoms with van der Waals surface area (Å²) >= 11 is 1.66. The van der Waals surface area contributed by atoms with Crippen LogP contribution in [-0.2, 0) is 16.1 Å². The number of nitrogens with one attached hydrogen (secondary N) is 1. The monoisotopic (exact) mass is 271 g/mol. The number of hydrogen-bond donors (Lipinski definition) is 1. The summed E-state index contributed by atoms with van der Waals surface area (Å²) < 4.78 is 10.4. The highest BCUT2D eigenvalue weighted by Crippen LogP contribution is 2.18. The predicted octanol–water partition coefficient (Wildman–Crippen LogP) is 2.18. The summed E-state index contributed by atoms with van der Waals surface area (Å²) in [4.78, 5) is 8.85. The van der Waals surface area contributed by atoms with E-state index in [4.69, 9.17) is 9.47 Å². The van der Waals surface area contributed by atoms with Crippen LogP contribution in [0.25, 0.3) is 0 Å². The van der Waals surface area contributed by atoms with Crippen molar-refractivity contribution in [3.8, 4) is 0 Å². The minimum atomic E-state index is 0.452. The first-order valence-electron chi connectivity index (χ1n) is 6.11. The molecule has 18 heavy (non-hydrogen) atoms. The number of anilines is 1. The van der Waals surface area contributed by atoms with E-state index >= 15 is 0 Å². The van der Waals surface area contributed by atoms with E-state index in [2.05, 4.69) is 15.3 Å². The molecule has 0 aliphatic rings. The number of methoxy groups -OCH3 is 1. The molecule has 0 radical (unpaired) electrons. The maximum atomic E-state index is 5.35. The van der Waals surface area contributed by atoms with Gasteiger partial charge in [0.25, 0.3) is 0 Å². The lowest BCUT2D eigenvalue weighted by Crippen LogP contribution is -2.06. The first-order valence-corrected chi connectivity index (χ1v) is 7.10. The van der Waals surface area contributed by atoms with Gasteiger partial charge in [-0.1, -0.05) is 0 Å². The van der Waals surface area contributed by atoms with E-state index in [9.17, 15) is 0 Å². The number of thioether (sulfide) groups is 1. The molecule has 6 heteroatoms. The van der Waals surface area contributed by atoms with Crippen molar-refractivity contribution >= 4 is 17.6 Å². The van der Waals surface area contributed by atoms with Crippen LogP contribution in [0.3, 0.4) is 0 Å². The van der Waals surface area contributed by atoms with Gasteiger partial charge in [0.1, 0.15) is 17.5 Å². The van der Waals surface area contributed by atoms with Crippen molar-refractivity contribution in [2.75, 3.05) is 37.9 Å². The molecule has 1 N–H and O–H groups in total. The summed E-state index contributed by atoms with van der Waals surface area (Å²) in [7, 11) is 1.70. The molecule has 1 aromatic heterocycles. The highest BCUT2D eigenvalue weighted by Gasteiger charge is 2.05. The standard InChI is InChI=1S/C12H21N3O2S/c1-4-13-10-8-12(18-7-6-16-3)15-11(14-10)9-17-5-2/h8H,4-7,9H2,1-3H3,(H,13,14,15). The molecule has 0 fully saturated rings. The fraction of sp³-hybridized carbons (Fsp3) is 0.667. The van der Waals surface area contributed by atoms with Crippen molar-refractivity contribution < 1.29 is 9.47 Å². The summed E-state index contributed by atoms with van der Waals surface area (Å²) in [6, 6.07) is 1.96. The van der Waals surface area contributed by atoms with Crippen molar-refractivity contribution in [2.45, 2.75) is 25.5 Å². The summed E-state index contributed by atoms with van der Waals surface area (Å²) in [6.45, 7) is 6.68. The van der Waals surface area contributed by atoms with Gasteiger partial charge >= 0.3 is 0 Å². The molecule has 0 aliphatic carbocycles. The second kappa shape index (κ2) is 9.13. The summed E-state index contributed by atoms with van der Waals surface area (Å²) in [5, 5.41) is 4.16. The fourth-order valence-electron chi connectivity index (χ4n) is 1.31. The highest BCUT2D eigenvalue weighted by atomic mass is 32.2. The Labute approximate surface area is 113 Å². The molecule has 0 aromatic carbocycles. The summed E-state index contributed by atoms with van der Waals surface area (Å²) in [5.41, 5.74) is 0. The molecule has 0 atom stereocenters. The Hall–Kier alpha value is -0.850. The molecular weight excluding hydrogens is 250 g/mol. The van der Waals surface area contributed by atoms with Crippen LogP contribution >= 0.6 is 11.8 Å². The largest absolute Gasteiger partial charge is 0.384 e. The Morgan fingerprint density at radius 2 is 2.17 bits per heavy atom. The maximum Gasteiger partial charge on any atom is 0.157 e. The van der Waals surface area contributed by atoms with E-state index in [1.165, 1.54) is 0 Å². The van der Waals surface area contributed by atoms with Gasteiger partial charge in [-0.2, -0.15) is 0 Å². The highest BCUT2D eigenvalue weighted by molar-refractivity contribution is 7.99. The lowest BCUT2D eigenvalue weighted by Gasteiger charge is -2.08. The quantitative estimate of drug-likeness (QED) is 0.422. The van der Waals surface area contributed by atoms with Crippen molar-refractivity contribution in [1.29, 1.82) is 0 Å². The lowest BCUT2D eigenvalue weighted by molar-refractivity contribution is 0.128. The smallest absolute Gasteiger partial charge is 0.157 e. The van der Waals surface area contributed by atoms with E-state index in [1.54, 1.807) is 18.9 Å². The van der Waals surface area contributed by atoms with Gasteiger partial charge in [0, 0.05) is 32.1 Å². The predicted molar refractivity (Wildman–Crippen MR) is 74.1 cm³/mol. The van der Waals surface area contributed by atoms with Gasteiger partial charge in [-0.15, -0.1) is 11.8 Å². The third-order valence-corrected chi connectivity index (χ3v) is 2.96. The van der Waals surface area contributed by atoms with Crippen LogP contribution in [0.15, 0.2) is 11.1 Å². The molecule has 1 aromatic rings. The van der Waals surface area contributed by atoms with Crippen molar-refractivity contribution in [3.63, 3.8) is 0 Å². The molecule has 0 amide bonds. The Kier molecular flexibility index (Phi) is 7.71. The van der Waals surface area contributed by atoms with E-state index in [1.807, 2.05) is 19.9 Å². The zero-order chi connectivity index (χ0) is 13.2. The van der Waals surface area contributed by atoms with Crippen LogP contribution < -0.4 is 5.32 Å². The molecule has 0 bridgehead atoms. The minimum Gasteiger partial charge on any atom is -0.384 e. The first-order chi connectivity index (χ1) is 8.80. The van der Waals surface area contributed by atoms with Gasteiger partial charge in [-0.3, -0.25) is 0 Å². The molecule has 5 nitrogen and oxygen atoms in total. The van der Waals surface area contributed by atoms with E-state index in [-0.39, 0.29) is 0 Å². The number of nitrogens with zero attached hydrogens (tertiary/aromatic N) is 2. The molecule has 1 rings (SSSR count). The van der Waals surface area contributed by atoms with Crippen LogP contribution in [-0.4, -0.2) is 42.6 Å². The van der Waals surface area contributed by atoms with Gasteiger partial charge in [0.2, 0.25) is 0 Å². The van der Waals surface area contributed by atoms with Gasteiger partial charge in [0.05, 0.1) is 6.61 Å². The summed E-state index contributed by atoms with van der Waals surface area (Å²) in [6.07, 6.45) is 0. The normalized spacial score (nSPS) is 10.6. The molecular formula is C12H21N3O2S. The Bertz CT molecular complexity index is 350. The van der Waals surface area contributed by atoms with Crippen LogP contribution in [0.4, 0.5) is 5.82 Å². The molecule has 0 unspecified atom stereocenters. The first kappa shape index (κ1) is 15.2.